The lowest BCUT2D eigenvalue weighted by atomic mass is 10.2. The summed E-state index contributed by atoms with van der Waals surface area (Å²) in [6.07, 6.45) is 9.60. The summed E-state index contributed by atoms with van der Waals surface area (Å²) in [5, 5.41) is 6.17. The number of thiazole rings is 1. The van der Waals surface area contributed by atoms with Crippen LogP contribution in [0.15, 0.2) is 42.4 Å². The molecule has 0 aliphatic carbocycles. The van der Waals surface area contributed by atoms with E-state index in [4.69, 9.17) is 0 Å². The third-order valence-electron chi connectivity index (χ3n) is 4.58. The van der Waals surface area contributed by atoms with Crippen molar-refractivity contribution in [3.63, 3.8) is 0 Å². The molecule has 4 heterocycles. The molecule has 136 valence electrons. The second-order valence-electron chi connectivity index (χ2n) is 6.31. The third-order valence-corrected chi connectivity index (χ3v) is 6.53. The largest absolute Gasteiger partial charge is 0.350 e. The summed E-state index contributed by atoms with van der Waals surface area (Å²) < 4.78 is 1.95. The molecule has 1 amide bonds. The van der Waals surface area contributed by atoms with Crippen LogP contribution in [0.3, 0.4) is 0 Å². The Hall–Kier alpha value is -2.03. The summed E-state index contributed by atoms with van der Waals surface area (Å²) in [5.74, 6) is 0.00540. The molecule has 1 atom stereocenters. The molecule has 1 fully saturated rings. The zero-order valence-electron chi connectivity index (χ0n) is 14.4. The van der Waals surface area contributed by atoms with E-state index in [9.17, 15) is 4.79 Å². The van der Waals surface area contributed by atoms with Gasteiger partial charge < -0.3 is 9.88 Å². The number of rotatable bonds is 7. The zero-order valence-corrected chi connectivity index (χ0v) is 16.0. The lowest BCUT2D eigenvalue weighted by molar-refractivity contribution is 0.0956. The Kier molecular flexibility index (Phi) is 5.42. The van der Waals surface area contributed by atoms with Crippen molar-refractivity contribution >= 4 is 28.6 Å². The van der Waals surface area contributed by atoms with E-state index in [-0.39, 0.29) is 5.91 Å². The Labute approximate surface area is 160 Å². The van der Waals surface area contributed by atoms with Gasteiger partial charge in [0.05, 0.1) is 17.7 Å². The van der Waals surface area contributed by atoms with Crippen molar-refractivity contribution in [3.8, 4) is 0 Å². The van der Waals surface area contributed by atoms with E-state index in [1.165, 1.54) is 11.3 Å². The van der Waals surface area contributed by atoms with E-state index in [1.54, 1.807) is 35.2 Å². The molecule has 6 nitrogen and oxygen atoms in total. The minimum absolute atomic E-state index is 0.00540. The van der Waals surface area contributed by atoms with Crippen molar-refractivity contribution in [3.05, 3.63) is 57.2 Å². The number of imidazole rings is 1. The van der Waals surface area contributed by atoms with Crippen molar-refractivity contribution in [1.82, 2.24) is 24.8 Å². The number of nitrogens with one attached hydrogen (secondary N) is 1. The Morgan fingerprint density at radius 1 is 1.35 bits per heavy atom. The highest BCUT2D eigenvalue weighted by Crippen LogP contribution is 2.37. The Morgan fingerprint density at radius 2 is 2.31 bits per heavy atom. The predicted molar refractivity (Wildman–Crippen MR) is 103 cm³/mol. The number of amides is 1. The minimum atomic E-state index is 0.00540. The van der Waals surface area contributed by atoms with Gasteiger partial charge in [0, 0.05) is 48.0 Å². The van der Waals surface area contributed by atoms with Crippen molar-refractivity contribution in [2.45, 2.75) is 32.0 Å². The topological polar surface area (TPSA) is 63.1 Å². The van der Waals surface area contributed by atoms with Crippen LogP contribution in [0, 0.1) is 0 Å². The maximum absolute atomic E-state index is 12.4. The van der Waals surface area contributed by atoms with Crippen LogP contribution in [0.25, 0.3) is 0 Å². The number of hydrogen-bond acceptors (Lipinski definition) is 6. The first-order chi connectivity index (χ1) is 12.8. The third kappa shape index (κ3) is 4.03. The summed E-state index contributed by atoms with van der Waals surface area (Å²) in [5.41, 5.74) is 0. The quantitative estimate of drug-likeness (QED) is 0.676. The van der Waals surface area contributed by atoms with Gasteiger partial charge >= 0.3 is 0 Å². The molecule has 1 aliphatic heterocycles. The highest BCUT2D eigenvalue weighted by molar-refractivity contribution is 7.14. The number of carbonyl (C=O) groups is 1. The van der Waals surface area contributed by atoms with Crippen molar-refractivity contribution in [2.75, 3.05) is 13.1 Å². The average molecular weight is 388 g/mol. The smallest absolute Gasteiger partial charge is 0.261 e. The molecule has 4 rings (SSSR count). The van der Waals surface area contributed by atoms with Crippen LogP contribution in [0.5, 0.6) is 0 Å². The second-order valence-corrected chi connectivity index (χ2v) is 8.41. The fourth-order valence-electron chi connectivity index (χ4n) is 3.30. The maximum Gasteiger partial charge on any atom is 0.261 e. The van der Waals surface area contributed by atoms with Crippen molar-refractivity contribution in [2.24, 2.45) is 0 Å². The van der Waals surface area contributed by atoms with Crippen LogP contribution in [0.1, 0.15) is 38.4 Å². The SMILES string of the molecule is O=C(NCCn1ccnc1)c1ccc([C@H]2CCCN2Cc2nccs2)s1. The molecular formula is C18H21N5OS2. The molecule has 0 saturated carbocycles. The van der Waals surface area contributed by atoms with Gasteiger partial charge in [0.25, 0.3) is 5.91 Å². The fraction of sp³-hybridized carbons (Fsp3) is 0.389. The highest BCUT2D eigenvalue weighted by atomic mass is 32.1. The molecule has 0 spiro atoms. The molecule has 0 unspecified atom stereocenters. The van der Waals surface area contributed by atoms with E-state index in [2.05, 4.69) is 26.3 Å². The van der Waals surface area contributed by atoms with Crippen molar-refractivity contribution < 1.29 is 4.79 Å². The van der Waals surface area contributed by atoms with Crippen LogP contribution < -0.4 is 5.32 Å². The molecule has 0 aromatic carbocycles. The van der Waals surface area contributed by atoms with Gasteiger partial charge in [-0.15, -0.1) is 22.7 Å². The summed E-state index contributed by atoms with van der Waals surface area (Å²) in [6, 6.07) is 4.46. The van der Waals surface area contributed by atoms with Gasteiger partial charge in [0.2, 0.25) is 0 Å². The van der Waals surface area contributed by atoms with Gasteiger partial charge in [0.15, 0.2) is 0 Å². The van der Waals surface area contributed by atoms with Crippen LogP contribution in [-0.4, -0.2) is 38.4 Å². The molecule has 3 aromatic heterocycles. The van der Waals surface area contributed by atoms with E-state index >= 15 is 0 Å². The highest BCUT2D eigenvalue weighted by Gasteiger charge is 2.28. The number of aromatic nitrogens is 3. The molecule has 8 heteroatoms. The first-order valence-corrected chi connectivity index (χ1v) is 10.5. The Bertz CT molecular complexity index is 828. The average Bonchev–Trinajstić information content (AvgIpc) is 3.43. The molecule has 0 radical (unpaired) electrons. The standard InChI is InChI=1S/C18H21N5OS2/c24-18(21-6-10-22-9-5-19-13-22)16-4-3-15(26-16)14-2-1-8-23(14)12-17-20-7-11-25-17/h3-5,7,9,11,13-14H,1-2,6,8,10,12H2,(H,21,24)/t14-/m1/s1. The number of hydrogen-bond donors (Lipinski definition) is 1. The van der Waals surface area contributed by atoms with Crippen LogP contribution in [-0.2, 0) is 13.1 Å². The summed E-state index contributed by atoms with van der Waals surface area (Å²) >= 11 is 3.32. The van der Waals surface area contributed by atoms with Gasteiger partial charge in [-0.1, -0.05) is 0 Å². The molecule has 1 saturated heterocycles. The lowest BCUT2D eigenvalue weighted by Gasteiger charge is -2.22. The Balaban J connectivity index is 1.35. The van der Waals surface area contributed by atoms with E-state index in [1.807, 2.05) is 28.4 Å². The predicted octanol–water partition coefficient (Wildman–Crippen LogP) is 3.17. The monoisotopic (exact) mass is 387 g/mol. The summed E-state index contributed by atoms with van der Waals surface area (Å²) in [7, 11) is 0. The van der Waals surface area contributed by atoms with E-state index in [0.29, 0.717) is 12.6 Å². The number of likely N-dealkylation sites (tertiary alicyclic amines) is 1. The molecule has 26 heavy (non-hydrogen) atoms. The molecule has 3 aromatic rings. The van der Waals surface area contributed by atoms with Crippen LogP contribution in [0.4, 0.5) is 0 Å². The normalized spacial score (nSPS) is 17.6. The number of thiophene rings is 1. The molecule has 0 bridgehead atoms. The lowest BCUT2D eigenvalue weighted by Crippen LogP contribution is -2.26. The zero-order chi connectivity index (χ0) is 17.8. The summed E-state index contributed by atoms with van der Waals surface area (Å²) in [4.78, 5) is 25.3. The van der Waals surface area contributed by atoms with Gasteiger partial charge in [-0.3, -0.25) is 9.69 Å². The van der Waals surface area contributed by atoms with Crippen LogP contribution in [0.2, 0.25) is 0 Å². The molecule has 1 aliphatic rings. The van der Waals surface area contributed by atoms with Gasteiger partial charge in [-0.25, -0.2) is 9.97 Å². The Morgan fingerprint density at radius 3 is 3.12 bits per heavy atom. The van der Waals surface area contributed by atoms with Gasteiger partial charge in [-0.2, -0.15) is 0 Å². The minimum Gasteiger partial charge on any atom is -0.350 e. The van der Waals surface area contributed by atoms with E-state index in [0.717, 1.165) is 35.9 Å². The number of carbonyl (C=O) groups excluding carboxylic acids is 1. The molecular weight excluding hydrogens is 366 g/mol. The summed E-state index contributed by atoms with van der Waals surface area (Å²) in [6.45, 7) is 3.32. The van der Waals surface area contributed by atoms with Crippen LogP contribution >= 0.6 is 22.7 Å². The first-order valence-electron chi connectivity index (χ1n) is 8.76. The van der Waals surface area contributed by atoms with E-state index < -0.39 is 0 Å². The number of nitrogens with zero attached hydrogens (tertiary/aromatic N) is 4. The maximum atomic E-state index is 12.4. The molecule has 1 N–H and O–H groups in total. The van der Waals surface area contributed by atoms with Crippen molar-refractivity contribution in [1.29, 1.82) is 0 Å². The van der Waals surface area contributed by atoms with Gasteiger partial charge in [0.1, 0.15) is 5.01 Å². The first kappa shape index (κ1) is 17.4. The van der Waals surface area contributed by atoms with Gasteiger partial charge in [-0.05, 0) is 31.5 Å². The fourth-order valence-corrected chi connectivity index (χ4v) is 5.04. The second kappa shape index (κ2) is 8.11.